The summed E-state index contributed by atoms with van der Waals surface area (Å²) in [5.74, 6) is 0.348. The molecule has 1 atom stereocenters. The van der Waals surface area contributed by atoms with Crippen LogP contribution in [0.4, 0.5) is 5.69 Å². The summed E-state index contributed by atoms with van der Waals surface area (Å²) in [6.45, 7) is 4.97. The van der Waals surface area contributed by atoms with Gasteiger partial charge in [-0.1, -0.05) is 42.6 Å². The number of carbonyl (C=O) groups excluding carboxylic acids is 2. The van der Waals surface area contributed by atoms with Gasteiger partial charge in [0.2, 0.25) is 5.91 Å². The first-order chi connectivity index (χ1) is 11.1. The lowest BCUT2D eigenvalue weighted by Gasteiger charge is -2.30. The summed E-state index contributed by atoms with van der Waals surface area (Å²) in [6.07, 6.45) is 6.30. The molecule has 1 aromatic carbocycles. The van der Waals surface area contributed by atoms with Gasteiger partial charge < -0.3 is 4.90 Å². The summed E-state index contributed by atoms with van der Waals surface area (Å²) in [7, 11) is 0. The van der Waals surface area contributed by atoms with Crippen molar-refractivity contribution in [3.8, 4) is 0 Å². The Morgan fingerprint density at radius 1 is 1.26 bits per heavy atom. The van der Waals surface area contributed by atoms with E-state index in [-0.39, 0.29) is 16.5 Å². The smallest absolute Gasteiger partial charge is 0.226 e. The Morgan fingerprint density at radius 3 is 2.74 bits per heavy atom. The number of nitrogens with zero attached hydrogens (tertiary/aromatic N) is 1. The van der Waals surface area contributed by atoms with E-state index in [4.69, 9.17) is 0 Å². The second-order valence-electron chi connectivity index (χ2n) is 6.22. The van der Waals surface area contributed by atoms with Gasteiger partial charge in [-0.05, 0) is 49.4 Å². The highest BCUT2D eigenvalue weighted by atomic mass is 79.9. The number of halogens is 1. The number of rotatable bonds is 7. The first-order valence-corrected chi connectivity index (χ1v) is 9.61. The van der Waals surface area contributed by atoms with Crippen molar-refractivity contribution < 1.29 is 9.59 Å². The number of benzene rings is 1. The number of unbranched alkanes of at least 4 members (excludes halogenated alkanes) is 1. The third kappa shape index (κ3) is 4.43. The molecule has 1 aliphatic rings. The number of aryl methyl sites for hydroxylation is 1. The fourth-order valence-electron chi connectivity index (χ4n) is 3.04. The van der Waals surface area contributed by atoms with Gasteiger partial charge in [0.05, 0.1) is 4.83 Å². The van der Waals surface area contributed by atoms with E-state index in [1.54, 1.807) is 0 Å². The lowest BCUT2D eigenvalue weighted by atomic mass is 9.96. The molecule has 3 nitrogen and oxygen atoms in total. The first kappa shape index (κ1) is 18.2. The first-order valence-electron chi connectivity index (χ1n) is 8.70. The number of ketones is 1. The summed E-state index contributed by atoms with van der Waals surface area (Å²) in [5.41, 5.74) is 2.88. The van der Waals surface area contributed by atoms with Crippen LogP contribution in [0.15, 0.2) is 18.2 Å². The van der Waals surface area contributed by atoms with Crippen molar-refractivity contribution in [3.05, 3.63) is 29.3 Å². The molecule has 1 amide bonds. The summed E-state index contributed by atoms with van der Waals surface area (Å²) < 4.78 is 0. The fraction of sp³-hybridized carbons (Fsp3) is 0.579. The molecule has 0 radical (unpaired) electrons. The van der Waals surface area contributed by atoms with Gasteiger partial charge in [-0.2, -0.15) is 0 Å². The second kappa shape index (κ2) is 8.62. The number of anilines is 1. The third-order valence-corrected chi connectivity index (χ3v) is 5.23. The van der Waals surface area contributed by atoms with Crippen molar-refractivity contribution in [2.24, 2.45) is 0 Å². The molecule has 0 saturated carbocycles. The van der Waals surface area contributed by atoms with Crippen LogP contribution in [0.25, 0.3) is 0 Å². The van der Waals surface area contributed by atoms with E-state index in [1.807, 2.05) is 23.1 Å². The minimum atomic E-state index is -0.114. The molecule has 4 heteroatoms. The minimum Gasteiger partial charge on any atom is -0.312 e. The lowest BCUT2D eigenvalue weighted by molar-refractivity contribution is -0.118. The molecule has 126 valence electrons. The molecule has 2 rings (SSSR count). The Bertz CT molecular complexity index is 570. The zero-order valence-corrected chi connectivity index (χ0v) is 15.7. The van der Waals surface area contributed by atoms with Crippen LogP contribution >= 0.6 is 15.9 Å². The number of alkyl halides is 1. The number of fused-ring (bicyclic) bond motifs is 1. The molecule has 0 fully saturated rings. The maximum atomic E-state index is 12.4. The van der Waals surface area contributed by atoms with E-state index in [2.05, 4.69) is 29.8 Å². The van der Waals surface area contributed by atoms with E-state index >= 15 is 0 Å². The SMILES string of the molecule is CCCCC(=O)N1CCCc2cc(C(=O)C(Br)CCC)ccc21. The Kier molecular flexibility index (Phi) is 6.82. The van der Waals surface area contributed by atoms with Crippen LogP contribution in [0.5, 0.6) is 0 Å². The van der Waals surface area contributed by atoms with Crippen LogP contribution in [-0.2, 0) is 11.2 Å². The van der Waals surface area contributed by atoms with Gasteiger partial charge in [-0.15, -0.1) is 0 Å². The van der Waals surface area contributed by atoms with Crippen molar-refractivity contribution >= 4 is 33.3 Å². The highest BCUT2D eigenvalue weighted by molar-refractivity contribution is 9.10. The summed E-state index contributed by atoms with van der Waals surface area (Å²) in [5, 5.41) is 0. The molecule has 0 aliphatic carbocycles. The Balaban J connectivity index is 2.19. The molecular formula is C19H26BrNO2. The van der Waals surface area contributed by atoms with E-state index in [9.17, 15) is 9.59 Å². The average molecular weight is 380 g/mol. The molecule has 0 N–H and O–H groups in total. The molecule has 0 spiro atoms. The summed E-state index contributed by atoms with van der Waals surface area (Å²) in [4.78, 5) is 26.6. The zero-order valence-electron chi connectivity index (χ0n) is 14.1. The summed E-state index contributed by atoms with van der Waals surface area (Å²) >= 11 is 3.49. The second-order valence-corrected chi connectivity index (χ2v) is 7.32. The summed E-state index contributed by atoms with van der Waals surface area (Å²) in [6, 6.07) is 5.81. The molecule has 23 heavy (non-hydrogen) atoms. The van der Waals surface area contributed by atoms with Crippen molar-refractivity contribution in [3.63, 3.8) is 0 Å². The molecular weight excluding hydrogens is 354 g/mol. The Hall–Kier alpha value is -1.16. The molecule has 1 unspecified atom stereocenters. The molecule has 0 aromatic heterocycles. The van der Waals surface area contributed by atoms with Gasteiger partial charge in [0.15, 0.2) is 5.78 Å². The van der Waals surface area contributed by atoms with Crippen LogP contribution in [-0.4, -0.2) is 23.1 Å². The number of hydrogen-bond acceptors (Lipinski definition) is 2. The molecule has 0 saturated heterocycles. The number of carbonyl (C=O) groups is 2. The molecule has 1 heterocycles. The lowest BCUT2D eigenvalue weighted by Crippen LogP contribution is -2.35. The van der Waals surface area contributed by atoms with Gasteiger partial charge >= 0.3 is 0 Å². The van der Waals surface area contributed by atoms with Crippen LogP contribution in [0, 0.1) is 0 Å². The maximum Gasteiger partial charge on any atom is 0.226 e. The highest BCUT2D eigenvalue weighted by Gasteiger charge is 2.24. The van der Waals surface area contributed by atoms with Crippen LogP contribution in [0.1, 0.15) is 68.3 Å². The van der Waals surface area contributed by atoms with Gasteiger partial charge in [0.1, 0.15) is 0 Å². The molecule has 1 aliphatic heterocycles. The van der Waals surface area contributed by atoms with E-state index in [0.717, 1.165) is 61.9 Å². The Labute approximate surface area is 147 Å². The zero-order chi connectivity index (χ0) is 16.8. The van der Waals surface area contributed by atoms with Gasteiger partial charge in [-0.3, -0.25) is 9.59 Å². The van der Waals surface area contributed by atoms with Crippen molar-refractivity contribution in [2.75, 3.05) is 11.4 Å². The third-order valence-electron chi connectivity index (χ3n) is 4.35. The minimum absolute atomic E-state index is 0.114. The number of amides is 1. The van der Waals surface area contributed by atoms with Crippen molar-refractivity contribution in [2.45, 2.75) is 63.6 Å². The number of hydrogen-bond donors (Lipinski definition) is 0. The molecule has 1 aromatic rings. The molecule has 0 bridgehead atoms. The van der Waals surface area contributed by atoms with Gasteiger partial charge in [0, 0.05) is 24.2 Å². The normalized spacial score (nSPS) is 15.2. The van der Waals surface area contributed by atoms with Gasteiger partial charge in [-0.25, -0.2) is 0 Å². The monoisotopic (exact) mass is 379 g/mol. The van der Waals surface area contributed by atoms with Crippen molar-refractivity contribution in [1.29, 1.82) is 0 Å². The largest absolute Gasteiger partial charge is 0.312 e. The van der Waals surface area contributed by atoms with E-state index in [1.165, 1.54) is 0 Å². The quantitative estimate of drug-likeness (QED) is 0.498. The predicted octanol–water partition coefficient (Wildman–Crippen LogP) is 4.90. The Morgan fingerprint density at radius 2 is 2.04 bits per heavy atom. The number of Topliss-reactive ketones (excluding diaryl/α,β-unsaturated/α-hetero) is 1. The van der Waals surface area contributed by atoms with E-state index in [0.29, 0.717) is 6.42 Å². The topological polar surface area (TPSA) is 37.4 Å². The maximum absolute atomic E-state index is 12.4. The van der Waals surface area contributed by atoms with Crippen molar-refractivity contribution in [1.82, 2.24) is 0 Å². The standard InChI is InChI=1S/C19H26BrNO2/c1-3-5-9-18(22)21-12-6-8-14-13-15(10-11-17(14)21)19(23)16(20)7-4-2/h10-11,13,16H,3-9,12H2,1-2H3. The van der Waals surface area contributed by atoms with Crippen LogP contribution < -0.4 is 4.90 Å². The average Bonchev–Trinajstić information content (AvgIpc) is 2.58. The van der Waals surface area contributed by atoms with Gasteiger partial charge in [0.25, 0.3) is 0 Å². The van der Waals surface area contributed by atoms with E-state index < -0.39 is 0 Å². The van der Waals surface area contributed by atoms with Crippen LogP contribution in [0.2, 0.25) is 0 Å². The highest BCUT2D eigenvalue weighted by Crippen LogP contribution is 2.30. The fourth-order valence-corrected chi connectivity index (χ4v) is 3.76. The predicted molar refractivity (Wildman–Crippen MR) is 98.6 cm³/mol. The van der Waals surface area contributed by atoms with Crippen LogP contribution in [0.3, 0.4) is 0 Å².